The predicted octanol–water partition coefficient (Wildman–Crippen LogP) is -0.0497. The first-order chi connectivity index (χ1) is 4.72. The Balaban J connectivity index is 3.98. The van der Waals surface area contributed by atoms with Crippen LogP contribution in [0.4, 0.5) is 0 Å². The normalized spacial score (nSPS) is 11.2. The van der Waals surface area contributed by atoms with E-state index in [1.165, 1.54) is 0 Å². The van der Waals surface area contributed by atoms with Gasteiger partial charge in [-0.25, -0.2) is 0 Å². The second-order valence-electron chi connectivity index (χ2n) is 1.77. The quantitative estimate of drug-likeness (QED) is 0.373. The summed E-state index contributed by atoms with van der Waals surface area (Å²) >= 11 is 0. The van der Waals surface area contributed by atoms with Gasteiger partial charge in [0.05, 0.1) is 0 Å². The third-order valence-electron chi connectivity index (χ3n) is 0.916. The molecule has 0 rings (SSSR count). The van der Waals surface area contributed by atoms with Gasteiger partial charge in [0.15, 0.2) is 11.7 Å². The molecule has 0 aliphatic rings. The highest BCUT2D eigenvalue weighted by molar-refractivity contribution is 6.38. The molecule has 0 aromatic heterocycles. The number of likely N-dealkylation sites (N-methyl/N-ethyl adjacent to an activating group) is 1. The standard InChI is InChI=1S/C6H14N4/c1-3-9-6(5(7)8)10-4-2/h3-4H2,1-2H3,(H3,7,8)(H,9,10). The number of rotatable bonds is 2. The van der Waals surface area contributed by atoms with Crippen LogP contribution in [0.15, 0.2) is 4.99 Å². The first-order valence-electron chi connectivity index (χ1n) is 3.35. The van der Waals surface area contributed by atoms with E-state index in [2.05, 4.69) is 10.3 Å². The SMILES string of the molecule is CCN=C(NCC)C(=N)N. The molecule has 0 saturated heterocycles. The molecule has 0 unspecified atom stereocenters. The van der Waals surface area contributed by atoms with E-state index < -0.39 is 0 Å². The van der Waals surface area contributed by atoms with Gasteiger partial charge in [0.25, 0.3) is 0 Å². The highest BCUT2D eigenvalue weighted by atomic mass is 15.0. The Labute approximate surface area is 61.0 Å². The maximum absolute atomic E-state index is 7.04. The van der Waals surface area contributed by atoms with E-state index in [9.17, 15) is 0 Å². The zero-order valence-corrected chi connectivity index (χ0v) is 6.44. The van der Waals surface area contributed by atoms with Crippen molar-refractivity contribution < 1.29 is 0 Å². The van der Waals surface area contributed by atoms with Crippen molar-refractivity contribution in [3.05, 3.63) is 0 Å². The fourth-order valence-corrected chi connectivity index (χ4v) is 0.562. The van der Waals surface area contributed by atoms with Gasteiger partial charge in [-0.05, 0) is 13.8 Å². The van der Waals surface area contributed by atoms with Gasteiger partial charge in [-0.3, -0.25) is 10.4 Å². The monoisotopic (exact) mass is 142 g/mol. The highest BCUT2D eigenvalue weighted by Crippen LogP contribution is 1.73. The number of hydrogen-bond donors (Lipinski definition) is 3. The van der Waals surface area contributed by atoms with Crippen molar-refractivity contribution in [3.63, 3.8) is 0 Å². The minimum atomic E-state index is 0.00343. The van der Waals surface area contributed by atoms with Crippen molar-refractivity contribution in [1.82, 2.24) is 5.32 Å². The zero-order valence-electron chi connectivity index (χ0n) is 6.44. The van der Waals surface area contributed by atoms with Gasteiger partial charge < -0.3 is 11.1 Å². The minimum absolute atomic E-state index is 0.00343. The lowest BCUT2D eigenvalue weighted by atomic mass is 10.5. The van der Waals surface area contributed by atoms with Crippen LogP contribution in [0.25, 0.3) is 0 Å². The van der Waals surface area contributed by atoms with Crippen LogP contribution >= 0.6 is 0 Å². The Kier molecular flexibility index (Phi) is 4.28. The van der Waals surface area contributed by atoms with E-state index >= 15 is 0 Å². The Hall–Kier alpha value is -1.06. The van der Waals surface area contributed by atoms with E-state index in [1.807, 2.05) is 13.8 Å². The summed E-state index contributed by atoms with van der Waals surface area (Å²) < 4.78 is 0. The fraction of sp³-hybridized carbons (Fsp3) is 0.667. The molecule has 0 radical (unpaired) electrons. The largest absolute Gasteiger partial charge is 0.381 e. The average Bonchev–Trinajstić information content (AvgIpc) is 1.87. The van der Waals surface area contributed by atoms with Crippen LogP contribution in [0.1, 0.15) is 13.8 Å². The van der Waals surface area contributed by atoms with Crippen LogP contribution in [0.2, 0.25) is 0 Å². The first-order valence-corrected chi connectivity index (χ1v) is 3.35. The molecular weight excluding hydrogens is 128 g/mol. The Bertz CT molecular complexity index is 139. The smallest absolute Gasteiger partial charge is 0.163 e. The zero-order chi connectivity index (χ0) is 7.98. The van der Waals surface area contributed by atoms with Gasteiger partial charge in [0.2, 0.25) is 0 Å². The molecule has 0 spiro atoms. The van der Waals surface area contributed by atoms with Crippen molar-refractivity contribution >= 4 is 11.7 Å². The molecule has 0 aromatic rings. The Morgan fingerprint density at radius 2 is 2.20 bits per heavy atom. The van der Waals surface area contributed by atoms with Crippen LogP contribution in [0.3, 0.4) is 0 Å². The molecule has 4 heteroatoms. The summed E-state index contributed by atoms with van der Waals surface area (Å²) in [6.45, 7) is 5.24. The molecule has 4 nitrogen and oxygen atoms in total. The van der Waals surface area contributed by atoms with Crippen LogP contribution in [-0.2, 0) is 0 Å². The van der Waals surface area contributed by atoms with E-state index in [4.69, 9.17) is 11.1 Å². The van der Waals surface area contributed by atoms with Gasteiger partial charge >= 0.3 is 0 Å². The first kappa shape index (κ1) is 8.94. The fourth-order valence-electron chi connectivity index (χ4n) is 0.562. The molecule has 4 N–H and O–H groups in total. The number of nitrogens with two attached hydrogens (primary N) is 1. The lowest BCUT2D eigenvalue weighted by Gasteiger charge is -2.03. The van der Waals surface area contributed by atoms with Gasteiger partial charge in [0.1, 0.15) is 0 Å². The summed E-state index contributed by atoms with van der Waals surface area (Å²) in [5.74, 6) is 0.494. The van der Waals surface area contributed by atoms with Crippen molar-refractivity contribution in [2.24, 2.45) is 10.7 Å². The maximum atomic E-state index is 7.04. The minimum Gasteiger partial charge on any atom is -0.381 e. The molecule has 0 atom stereocenters. The van der Waals surface area contributed by atoms with Crippen molar-refractivity contribution in [2.75, 3.05) is 13.1 Å². The predicted molar refractivity (Wildman–Crippen MR) is 43.6 cm³/mol. The molecule has 0 aromatic carbocycles. The summed E-state index contributed by atoms with van der Waals surface area (Å²) in [7, 11) is 0. The van der Waals surface area contributed by atoms with Crippen molar-refractivity contribution in [2.45, 2.75) is 13.8 Å². The Morgan fingerprint density at radius 1 is 1.60 bits per heavy atom. The third kappa shape index (κ3) is 3.06. The maximum Gasteiger partial charge on any atom is 0.163 e. The van der Waals surface area contributed by atoms with E-state index in [0.29, 0.717) is 12.4 Å². The van der Waals surface area contributed by atoms with Crippen LogP contribution in [0, 0.1) is 5.41 Å². The summed E-state index contributed by atoms with van der Waals surface area (Å²) in [4.78, 5) is 3.97. The van der Waals surface area contributed by atoms with E-state index in [0.717, 1.165) is 6.54 Å². The van der Waals surface area contributed by atoms with Gasteiger partial charge in [0, 0.05) is 13.1 Å². The molecule has 10 heavy (non-hydrogen) atoms. The molecule has 0 fully saturated rings. The summed E-state index contributed by atoms with van der Waals surface area (Å²) in [6, 6.07) is 0. The number of amidine groups is 2. The molecule has 0 aliphatic carbocycles. The molecule has 58 valence electrons. The molecule has 0 aliphatic heterocycles. The number of aliphatic imine (C=N–C) groups is 1. The molecule has 0 heterocycles. The Morgan fingerprint density at radius 3 is 2.50 bits per heavy atom. The van der Waals surface area contributed by atoms with Gasteiger partial charge in [-0.2, -0.15) is 0 Å². The van der Waals surface area contributed by atoms with Crippen LogP contribution < -0.4 is 11.1 Å². The summed E-state index contributed by atoms with van der Waals surface area (Å²) in [5, 5.41) is 9.93. The van der Waals surface area contributed by atoms with Gasteiger partial charge in [-0.15, -0.1) is 0 Å². The number of hydrogen-bond acceptors (Lipinski definition) is 2. The average molecular weight is 142 g/mol. The highest BCUT2D eigenvalue weighted by Gasteiger charge is 1.97. The second-order valence-corrected chi connectivity index (χ2v) is 1.77. The third-order valence-corrected chi connectivity index (χ3v) is 0.916. The molecule has 0 amide bonds. The molecular formula is C6H14N4. The van der Waals surface area contributed by atoms with Crippen molar-refractivity contribution in [1.29, 1.82) is 5.41 Å². The lowest BCUT2D eigenvalue weighted by Crippen LogP contribution is -2.35. The van der Waals surface area contributed by atoms with E-state index in [-0.39, 0.29) is 5.84 Å². The van der Waals surface area contributed by atoms with Crippen LogP contribution in [-0.4, -0.2) is 24.8 Å². The topological polar surface area (TPSA) is 74.3 Å². The number of nitrogens with zero attached hydrogens (tertiary/aromatic N) is 1. The second kappa shape index (κ2) is 4.78. The summed E-state index contributed by atoms with van der Waals surface area (Å²) in [5.41, 5.74) is 5.20. The molecule has 0 bridgehead atoms. The summed E-state index contributed by atoms with van der Waals surface area (Å²) in [6.07, 6.45) is 0. The van der Waals surface area contributed by atoms with Gasteiger partial charge in [-0.1, -0.05) is 0 Å². The number of nitrogens with one attached hydrogen (secondary N) is 2. The lowest BCUT2D eigenvalue weighted by molar-refractivity contribution is 0.955. The molecule has 0 saturated carbocycles. The van der Waals surface area contributed by atoms with Crippen LogP contribution in [0.5, 0.6) is 0 Å². The van der Waals surface area contributed by atoms with Crippen molar-refractivity contribution in [3.8, 4) is 0 Å². The van der Waals surface area contributed by atoms with E-state index in [1.54, 1.807) is 0 Å².